The summed E-state index contributed by atoms with van der Waals surface area (Å²) < 4.78 is 0. The van der Waals surface area contributed by atoms with Crippen LogP contribution in [-0.4, -0.2) is 13.1 Å². The van der Waals surface area contributed by atoms with Gasteiger partial charge >= 0.3 is 0 Å². The lowest BCUT2D eigenvalue weighted by atomic mass is 9.82. The normalized spacial score (nSPS) is 25.6. The van der Waals surface area contributed by atoms with Crippen LogP contribution in [0.25, 0.3) is 0 Å². The number of hydrogen-bond acceptors (Lipinski definition) is 1. The van der Waals surface area contributed by atoms with E-state index in [4.69, 9.17) is 0 Å². The van der Waals surface area contributed by atoms with Crippen LogP contribution in [0.5, 0.6) is 0 Å². The van der Waals surface area contributed by atoms with Crippen LogP contribution in [-0.2, 0) is 19.3 Å². The van der Waals surface area contributed by atoms with Crippen LogP contribution < -0.4 is 5.32 Å². The monoisotopic (exact) mass is 285 g/mol. The third kappa shape index (κ3) is 3.88. The third-order valence-corrected chi connectivity index (χ3v) is 5.63. The molecule has 1 fully saturated rings. The Morgan fingerprint density at radius 1 is 0.952 bits per heavy atom. The lowest BCUT2D eigenvalue weighted by Crippen LogP contribution is -2.28. The Morgan fingerprint density at radius 3 is 2.62 bits per heavy atom. The molecular weight excluding hydrogens is 254 g/mol. The van der Waals surface area contributed by atoms with Crippen molar-refractivity contribution in [3.05, 3.63) is 34.9 Å². The van der Waals surface area contributed by atoms with Gasteiger partial charge in [0.05, 0.1) is 0 Å². The molecule has 2 aliphatic rings. The zero-order valence-corrected chi connectivity index (χ0v) is 13.7. The minimum absolute atomic E-state index is 0.890. The highest BCUT2D eigenvalue weighted by Gasteiger charge is 2.24. The van der Waals surface area contributed by atoms with Gasteiger partial charge in [0.1, 0.15) is 0 Å². The van der Waals surface area contributed by atoms with Crippen molar-refractivity contribution in [1.29, 1.82) is 0 Å². The largest absolute Gasteiger partial charge is 0.317 e. The van der Waals surface area contributed by atoms with Crippen molar-refractivity contribution in [2.24, 2.45) is 11.8 Å². The van der Waals surface area contributed by atoms with E-state index in [0.29, 0.717) is 0 Å². The van der Waals surface area contributed by atoms with Crippen LogP contribution in [0.4, 0.5) is 0 Å². The van der Waals surface area contributed by atoms with E-state index in [-0.39, 0.29) is 0 Å². The van der Waals surface area contributed by atoms with Gasteiger partial charge < -0.3 is 5.32 Å². The summed E-state index contributed by atoms with van der Waals surface area (Å²) in [5.74, 6) is 1.78. The Bertz CT molecular complexity index is 451. The lowest BCUT2D eigenvalue weighted by molar-refractivity contribution is 0.299. The van der Waals surface area contributed by atoms with Crippen LogP contribution in [0.1, 0.15) is 62.1 Å². The Hall–Kier alpha value is -0.820. The van der Waals surface area contributed by atoms with Gasteiger partial charge in [0.15, 0.2) is 0 Å². The first kappa shape index (κ1) is 15.1. The van der Waals surface area contributed by atoms with Crippen molar-refractivity contribution in [3.63, 3.8) is 0 Å². The molecule has 0 spiro atoms. The molecule has 0 bridgehead atoms. The molecule has 2 unspecified atom stereocenters. The smallest absolute Gasteiger partial charge is 0.00179 e. The van der Waals surface area contributed by atoms with Crippen molar-refractivity contribution in [2.45, 2.75) is 64.7 Å². The summed E-state index contributed by atoms with van der Waals surface area (Å²) in [6.07, 6.45) is 12.5. The van der Waals surface area contributed by atoms with Gasteiger partial charge in [0, 0.05) is 0 Å². The molecule has 1 aromatic carbocycles. The molecular formula is C20H31N. The van der Waals surface area contributed by atoms with Gasteiger partial charge in [-0.2, -0.15) is 0 Å². The molecule has 0 aliphatic heterocycles. The van der Waals surface area contributed by atoms with Crippen LogP contribution >= 0.6 is 0 Å². The van der Waals surface area contributed by atoms with Gasteiger partial charge in [0.25, 0.3) is 0 Å². The first-order valence-corrected chi connectivity index (χ1v) is 9.18. The van der Waals surface area contributed by atoms with Crippen LogP contribution in [0.2, 0.25) is 0 Å². The number of aryl methyl sites for hydroxylation is 2. The molecule has 3 rings (SSSR count). The maximum absolute atomic E-state index is 3.60. The highest BCUT2D eigenvalue weighted by atomic mass is 14.8. The van der Waals surface area contributed by atoms with Gasteiger partial charge in [-0.05, 0) is 80.1 Å². The molecule has 1 heteroatoms. The van der Waals surface area contributed by atoms with E-state index in [9.17, 15) is 0 Å². The maximum atomic E-state index is 3.60. The van der Waals surface area contributed by atoms with Gasteiger partial charge in [0.2, 0.25) is 0 Å². The molecule has 2 atom stereocenters. The SMILES string of the molecule is CCNCC1CCCCCC1Cc1ccc2c(c1)CCC2. The summed E-state index contributed by atoms with van der Waals surface area (Å²) in [6, 6.07) is 7.35. The third-order valence-electron chi connectivity index (χ3n) is 5.63. The summed E-state index contributed by atoms with van der Waals surface area (Å²) in [5, 5.41) is 3.60. The van der Waals surface area contributed by atoms with Crippen molar-refractivity contribution in [2.75, 3.05) is 13.1 Å². The van der Waals surface area contributed by atoms with Crippen molar-refractivity contribution in [3.8, 4) is 0 Å². The van der Waals surface area contributed by atoms with Crippen molar-refractivity contribution < 1.29 is 0 Å². The first-order valence-electron chi connectivity index (χ1n) is 9.18. The molecule has 0 radical (unpaired) electrons. The minimum atomic E-state index is 0.890. The standard InChI is InChI=1S/C20H31N/c1-2-21-15-20-8-5-3-4-7-19(20)14-16-11-12-17-9-6-10-18(17)13-16/h11-13,19-21H,2-10,14-15H2,1H3. The fourth-order valence-corrected chi connectivity index (χ4v) is 4.38. The fraction of sp³-hybridized carbons (Fsp3) is 0.700. The van der Waals surface area contributed by atoms with E-state index in [0.717, 1.165) is 18.4 Å². The Kier molecular flexibility index (Phi) is 5.35. The predicted octanol–water partition coefficient (Wildman–Crippen LogP) is 4.52. The van der Waals surface area contributed by atoms with Gasteiger partial charge in [-0.25, -0.2) is 0 Å². The molecule has 2 aliphatic carbocycles. The van der Waals surface area contributed by atoms with Gasteiger partial charge in [-0.3, -0.25) is 0 Å². The minimum Gasteiger partial charge on any atom is -0.317 e. The summed E-state index contributed by atoms with van der Waals surface area (Å²) in [5.41, 5.74) is 4.86. The topological polar surface area (TPSA) is 12.0 Å². The van der Waals surface area contributed by atoms with Crippen LogP contribution in [0, 0.1) is 11.8 Å². The Balaban J connectivity index is 1.67. The fourth-order valence-electron chi connectivity index (χ4n) is 4.38. The van der Waals surface area contributed by atoms with Gasteiger partial charge in [-0.15, -0.1) is 0 Å². The summed E-state index contributed by atoms with van der Waals surface area (Å²) in [4.78, 5) is 0. The molecule has 0 saturated heterocycles. The molecule has 21 heavy (non-hydrogen) atoms. The zero-order chi connectivity index (χ0) is 14.5. The molecule has 1 saturated carbocycles. The van der Waals surface area contributed by atoms with E-state index in [1.165, 1.54) is 64.3 Å². The van der Waals surface area contributed by atoms with Crippen LogP contribution in [0.15, 0.2) is 18.2 Å². The highest BCUT2D eigenvalue weighted by molar-refractivity contribution is 5.35. The maximum Gasteiger partial charge on any atom is -0.00179 e. The number of rotatable bonds is 5. The van der Waals surface area contributed by atoms with Gasteiger partial charge in [-0.1, -0.05) is 44.4 Å². The quantitative estimate of drug-likeness (QED) is 0.784. The molecule has 1 N–H and O–H groups in total. The molecule has 0 aromatic heterocycles. The zero-order valence-electron chi connectivity index (χ0n) is 13.7. The number of benzene rings is 1. The molecule has 1 aromatic rings. The summed E-state index contributed by atoms with van der Waals surface area (Å²) in [7, 11) is 0. The Labute approximate surface area is 130 Å². The van der Waals surface area contributed by atoms with E-state index < -0.39 is 0 Å². The number of nitrogens with one attached hydrogen (secondary N) is 1. The lowest BCUT2D eigenvalue weighted by Gasteiger charge is -2.26. The summed E-state index contributed by atoms with van der Waals surface area (Å²) in [6.45, 7) is 4.57. The van der Waals surface area contributed by atoms with E-state index in [2.05, 4.69) is 30.4 Å². The molecule has 1 nitrogen and oxygen atoms in total. The van der Waals surface area contributed by atoms with E-state index in [1.807, 2.05) is 0 Å². The van der Waals surface area contributed by atoms with E-state index in [1.54, 1.807) is 16.7 Å². The number of fused-ring (bicyclic) bond motifs is 1. The highest BCUT2D eigenvalue weighted by Crippen LogP contribution is 2.32. The second-order valence-electron chi connectivity index (χ2n) is 7.13. The van der Waals surface area contributed by atoms with Crippen LogP contribution in [0.3, 0.4) is 0 Å². The summed E-state index contributed by atoms with van der Waals surface area (Å²) >= 11 is 0. The molecule has 0 amide bonds. The Morgan fingerprint density at radius 2 is 1.76 bits per heavy atom. The van der Waals surface area contributed by atoms with Crippen molar-refractivity contribution in [1.82, 2.24) is 5.32 Å². The second kappa shape index (κ2) is 7.45. The molecule has 0 heterocycles. The van der Waals surface area contributed by atoms with Crippen molar-refractivity contribution >= 4 is 0 Å². The average molecular weight is 285 g/mol. The number of hydrogen-bond donors (Lipinski definition) is 1. The second-order valence-corrected chi connectivity index (χ2v) is 7.13. The first-order chi connectivity index (χ1) is 10.4. The predicted molar refractivity (Wildman–Crippen MR) is 90.8 cm³/mol. The average Bonchev–Trinajstić information content (AvgIpc) is 2.85. The molecule has 116 valence electrons. The van der Waals surface area contributed by atoms with E-state index >= 15 is 0 Å².